The first kappa shape index (κ1) is 27.5. The molecule has 0 spiro atoms. The highest BCUT2D eigenvalue weighted by molar-refractivity contribution is 6.16. The van der Waals surface area contributed by atoms with E-state index in [-0.39, 0.29) is 0 Å². The fourth-order valence-electron chi connectivity index (χ4n) is 7.29. The normalized spacial score (nSPS) is 11.7. The number of para-hydroxylation sites is 2. The summed E-state index contributed by atoms with van der Waals surface area (Å²) in [5.41, 5.74) is 11.1. The van der Waals surface area contributed by atoms with Crippen molar-refractivity contribution in [1.29, 1.82) is 0 Å². The summed E-state index contributed by atoms with van der Waals surface area (Å²) in [5, 5.41) is 6.79. The largest absolute Gasteiger partial charge is 0.456 e. The maximum atomic E-state index is 6.82. The third-order valence-electron chi connectivity index (χ3n) is 9.66. The van der Waals surface area contributed by atoms with E-state index in [1.54, 1.807) is 0 Å². The molecule has 0 saturated heterocycles. The van der Waals surface area contributed by atoms with Gasteiger partial charge in [-0.15, -0.1) is 0 Å². The molecule has 0 fully saturated rings. The smallest absolute Gasteiger partial charge is 0.159 e. The lowest BCUT2D eigenvalue weighted by Gasteiger charge is -2.26. The third kappa shape index (κ3) is 4.51. The van der Waals surface area contributed by atoms with Crippen molar-refractivity contribution < 1.29 is 8.83 Å². The minimum atomic E-state index is 0.839. The van der Waals surface area contributed by atoms with Crippen molar-refractivity contribution >= 4 is 71.7 Å². The van der Waals surface area contributed by atoms with Crippen LogP contribution in [0.5, 0.6) is 0 Å². The van der Waals surface area contributed by atoms with Gasteiger partial charge in [-0.2, -0.15) is 0 Å². The highest BCUT2D eigenvalue weighted by Gasteiger charge is 2.23. The Morgan fingerprint density at radius 2 is 1.00 bits per heavy atom. The van der Waals surface area contributed by atoms with Crippen molar-refractivity contribution in [2.75, 3.05) is 4.90 Å². The second kappa shape index (κ2) is 11.0. The second-order valence-corrected chi connectivity index (χ2v) is 12.5. The van der Waals surface area contributed by atoms with Gasteiger partial charge in [-0.25, -0.2) is 0 Å². The molecule has 0 aliphatic carbocycles. The van der Waals surface area contributed by atoms with Gasteiger partial charge in [-0.05, 0) is 87.6 Å². The lowest BCUT2D eigenvalue weighted by Crippen LogP contribution is -2.10. The van der Waals surface area contributed by atoms with Crippen molar-refractivity contribution in [3.8, 4) is 22.3 Å². The Bertz CT molecular complexity index is 2830. The van der Waals surface area contributed by atoms with Gasteiger partial charge >= 0.3 is 0 Å². The molecule has 10 aromatic rings. The van der Waals surface area contributed by atoms with Crippen LogP contribution in [0.15, 0.2) is 185 Å². The summed E-state index contributed by atoms with van der Waals surface area (Å²) in [5.74, 6) is 0. The van der Waals surface area contributed by atoms with E-state index in [4.69, 9.17) is 8.83 Å². The molecule has 0 amide bonds. The van der Waals surface area contributed by atoms with Crippen LogP contribution >= 0.6 is 0 Å². The van der Waals surface area contributed by atoms with Crippen molar-refractivity contribution in [3.63, 3.8) is 0 Å². The molecule has 0 aliphatic rings. The molecule has 49 heavy (non-hydrogen) atoms. The van der Waals surface area contributed by atoms with Gasteiger partial charge < -0.3 is 13.7 Å². The minimum Gasteiger partial charge on any atom is -0.456 e. The molecule has 0 unspecified atom stereocenters. The Labute approximate surface area is 282 Å². The van der Waals surface area contributed by atoms with Crippen molar-refractivity contribution in [2.24, 2.45) is 0 Å². The van der Waals surface area contributed by atoms with E-state index < -0.39 is 0 Å². The van der Waals surface area contributed by atoms with Crippen molar-refractivity contribution in [3.05, 3.63) is 176 Å². The monoisotopic (exact) mass is 627 g/mol. The first-order valence-corrected chi connectivity index (χ1v) is 16.6. The summed E-state index contributed by atoms with van der Waals surface area (Å²) in [7, 11) is 0. The number of rotatable bonds is 5. The van der Waals surface area contributed by atoms with E-state index in [0.717, 1.165) is 77.6 Å². The zero-order valence-corrected chi connectivity index (χ0v) is 26.5. The molecule has 3 nitrogen and oxygen atoms in total. The molecule has 0 N–H and O–H groups in total. The van der Waals surface area contributed by atoms with Gasteiger partial charge in [0.15, 0.2) is 5.58 Å². The van der Waals surface area contributed by atoms with Gasteiger partial charge in [0, 0.05) is 21.8 Å². The number of benzene rings is 8. The average Bonchev–Trinajstić information content (AvgIpc) is 3.74. The fourth-order valence-corrected chi connectivity index (χ4v) is 7.29. The quantitative estimate of drug-likeness (QED) is 0.190. The molecule has 0 radical (unpaired) electrons. The Balaban J connectivity index is 1.19. The zero-order valence-electron chi connectivity index (χ0n) is 26.5. The molecule has 0 aliphatic heterocycles. The first-order valence-electron chi connectivity index (χ1n) is 16.6. The van der Waals surface area contributed by atoms with E-state index in [1.165, 1.54) is 16.3 Å². The van der Waals surface area contributed by atoms with Gasteiger partial charge in [0.1, 0.15) is 16.7 Å². The maximum absolute atomic E-state index is 6.82. The summed E-state index contributed by atoms with van der Waals surface area (Å²) in [6, 6.07) is 62.0. The standard InChI is InChI=1S/C46H29NO2/c1-2-10-30(11-3-1)35-24-27-37-38-15-8-17-41(46(38)49-44(37)29-35)47(40-16-9-19-43-45(40)39-14-6-7-18-42(39)48-43)36-25-22-32(23-26-36)34-21-20-31-12-4-5-13-33(31)28-34/h1-29H. The third-order valence-corrected chi connectivity index (χ3v) is 9.66. The molecule has 2 heterocycles. The lowest BCUT2D eigenvalue weighted by atomic mass is 10.0. The Hall–Kier alpha value is -6.58. The second-order valence-electron chi connectivity index (χ2n) is 12.5. The minimum absolute atomic E-state index is 0.839. The fraction of sp³-hybridized carbons (Fsp3) is 0. The van der Waals surface area contributed by atoms with E-state index in [2.05, 4.69) is 157 Å². The molecule has 0 atom stereocenters. The molecule has 3 heteroatoms. The maximum Gasteiger partial charge on any atom is 0.159 e. The van der Waals surface area contributed by atoms with E-state index in [9.17, 15) is 0 Å². The van der Waals surface area contributed by atoms with Crippen molar-refractivity contribution in [2.45, 2.75) is 0 Å². The Morgan fingerprint density at radius 3 is 1.90 bits per heavy atom. The van der Waals surface area contributed by atoms with Crippen LogP contribution in [-0.2, 0) is 0 Å². The molecular weight excluding hydrogens is 599 g/mol. The summed E-state index contributed by atoms with van der Waals surface area (Å²) in [6.45, 7) is 0. The van der Waals surface area contributed by atoms with E-state index in [0.29, 0.717) is 0 Å². The highest BCUT2D eigenvalue weighted by Crippen LogP contribution is 2.46. The van der Waals surface area contributed by atoms with Gasteiger partial charge in [0.05, 0.1) is 16.8 Å². The highest BCUT2D eigenvalue weighted by atomic mass is 16.3. The number of anilines is 3. The number of furan rings is 2. The van der Waals surface area contributed by atoms with Crippen LogP contribution in [0.3, 0.4) is 0 Å². The molecule has 0 saturated carbocycles. The summed E-state index contributed by atoms with van der Waals surface area (Å²) < 4.78 is 13.2. The van der Waals surface area contributed by atoms with Crippen LogP contribution in [0, 0.1) is 0 Å². The first-order chi connectivity index (χ1) is 24.3. The number of hydrogen-bond acceptors (Lipinski definition) is 3. The summed E-state index contributed by atoms with van der Waals surface area (Å²) in [6.07, 6.45) is 0. The van der Waals surface area contributed by atoms with Crippen molar-refractivity contribution in [1.82, 2.24) is 0 Å². The number of nitrogens with zero attached hydrogens (tertiary/aromatic N) is 1. The van der Waals surface area contributed by atoms with Crippen LogP contribution in [0.2, 0.25) is 0 Å². The molecule has 230 valence electrons. The van der Waals surface area contributed by atoms with Gasteiger partial charge in [-0.1, -0.05) is 121 Å². The van der Waals surface area contributed by atoms with Crippen LogP contribution in [0.25, 0.3) is 76.9 Å². The topological polar surface area (TPSA) is 29.5 Å². The number of hydrogen-bond donors (Lipinski definition) is 0. The molecule has 0 bridgehead atoms. The SMILES string of the molecule is c1ccc(-c2ccc3c(c2)oc2c(N(c4ccc(-c5ccc6ccccc6c5)cc4)c4cccc5oc6ccccc6c45)cccc23)cc1. The molecular formula is C46H29NO2. The van der Waals surface area contributed by atoms with Gasteiger partial charge in [0.2, 0.25) is 0 Å². The summed E-state index contributed by atoms with van der Waals surface area (Å²) >= 11 is 0. The van der Waals surface area contributed by atoms with Gasteiger partial charge in [0.25, 0.3) is 0 Å². The van der Waals surface area contributed by atoms with Crippen LogP contribution in [-0.4, -0.2) is 0 Å². The predicted molar refractivity (Wildman–Crippen MR) is 204 cm³/mol. The molecule has 8 aromatic carbocycles. The molecule has 10 rings (SSSR count). The average molecular weight is 628 g/mol. The lowest BCUT2D eigenvalue weighted by molar-refractivity contribution is 0.668. The molecule has 2 aromatic heterocycles. The van der Waals surface area contributed by atoms with E-state index in [1.807, 2.05) is 24.3 Å². The van der Waals surface area contributed by atoms with Gasteiger partial charge in [-0.3, -0.25) is 0 Å². The predicted octanol–water partition coefficient (Wildman–Crippen LogP) is 13.4. The van der Waals surface area contributed by atoms with E-state index >= 15 is 0 Å². The van der Waals surface area contributed by atoms with Crippen LogP contribution in [0.4, 0.5) is 17.1 Å². The van der Waals surface area contributed by atoms with Crippen LogP contribution in [0.1, 0.15) is 0 Å². The Kier molecular flexibility index (Phi) is 6.18. The van der Waals surface area contributed by atoms with Crippen LogP contribution < -0.4 is 4.90 Å². The zero-order chi connectivity index (χ0) is 32.3. The summed E-state index contributed by atoms with van der Waals surface area (Å²) in [4.78, 5) is 2.32. The number of fused-ring (bicyclic) bond motifs is 7. The Morgan fingerprint density at radius 1 is 0.347 bits per heavy atom.